The molecule has 3 rings (SSSR count). The van der Waals surface area contributed by atoms with Gasteiger partial charge in [-0.2, -0.15) is 0 Å². The van der Waals surface area contributed by atoms with Crippen molar-refractivity contribution < 1.29 is 9.18 Å². The average molecular weight is 359 g/mol. The maximum Gasteiger partial charge on any atom is 0.253 e. The first-order chi connectivity index (χ1) is 12.2. The highest BCUT2D eigenvalue weighted by molar-refractivity contribution is 7.98. The Morgan fingerprint density at radius 1 is 1.36 bits per heavy atom. The van der Waals surface area contributed by atoms with Gasteiger partial charge in [-0.3, -0.25) is 9.78 Å². The molecule has 0 aliphatic carbocycles. The molecule has 1 saturated heterocycles. The summed E-state index contributed by atoms with van der Waals surface area (Å²) in [5.41, 5.74) is 1.99. The van der Waals surface area contributed by atoms with Crippen molar-refractivity contribution in [3.8, 4) is 0 Å². The third kappa shape index (κ3) is 4.80. The molecule has 0 bridgehead atoms. The number of amides is 1. The zero-order valence-electron chi connectivity index (χ0n) is 14.2. The fourth-order valence-electron chi connectivity index (χ4n) is 3.01. The molecule has 25 heavy (non-hydrogen) atoms. The van der Waals surface area contributed by atoms with Crippen molar-refractivity contribution in [2.24, 2.45) is 0 Å². The van der Waals surface area contributed by atoms with Crippen LogP contribution >= 0.6 is 11.8 Å². The summed E-state index contributed by atoms with van der Waals surface area (Å²) in [4.78, 5) is 18.0. The Bertz CT molecular complexity index is 747. The lowest BCUT2D eigenvalue weighted by Gasteiger charge is -2.24. The molecular formula is C19H22FN3OS. The lowest BCUT2D eigenvalue weighted by molar-refractivity contribution is 0.0927. The fourth-order valence-corrected chi connectivity index (χ4v) is 3.49. The number of halogens is 1. The molecule has 1 aliphatic heterocycles. The van der Waals surface area contributed by atoms with Gasteiger partial charge in [0.05, 0.1) is 17.5 Å². The van der Waals surface area contributed by atoms with E-state index in [9.17, 15) is 9.18 Å². The number of nitrogens with one attached hydrogen (secondary N) is 2. The van der Waals surface area contributed by atoms with E-state index in [0.717, 1.165) is 36.4 Å². The first kappa shape index (κ1) is 17.9. The van der Waals surface area contributed by atoms with Gasteiger partial charge >= 0.3 is 0 Å². The van der Waals surface area contributed by atoms with Gasteiger partial charge in [-0.25, -0.2) is 4.39 Å². The lowest BCUT2D eigenvalue weighted by atomic mass is 10.0. The number of nitrogens with zero attached hydrogens (tertiary/aromatic N) is 1. The molecule has 1 fully saturated rings. The second-order valence-electron chi connectivity index (χ2n) is 6.17. The summed E-state index contributed by atoms with van der Waals surface area (Å²) in [5.74, 6) is -0.730. The number of thioether (sulfide) groups is 1. The van der Waals surface area contributed by atoms with Crippen molar-refractivity contribution in [3.63, 3.8) is 0 Å². The topological polar surface area (TPSA) is 54.0 Å². The van der Waals surface area contributed by atoms with E-state index in [1.807, 2.05) is 24.5 Å². The van der Waals surface area contributed by atoms with Gasteiger partial charge in [-0.05, 0) is 55.9 Å². The van der Waals surface area contributed by atoms with Crippen molar-refractivity contribution in [1.29, 1.82) is 0 Å². The SMILES string of the molecule is CSc1cccc(Cc2ncc(F)cc2C(=O)NC2CCNCC2)c1. The van der Waals surface area contributed by atoms with Crippen molar-refractivity contribution in [2.45, 2.75) is 30.2 Å². The van der Waals surface area contributed by atoms with Crippen molar-refractivity contribution in [3.05, 3.63) is 59.2 Å². The van der Waals surface area contributed by atoms with Crippen LogP contribution in [0.25, 0.3) is 0 Å². The van der Waals surface area contributed by atoms with Crippen LogP contribution in [-0.2, 0) is 6.42 Å². The Morgan fingerprint density at radius 3 is 2.92 bits per heavy atom. The smallest absolute Gasteiger partial charge is 0.253 e. The van der Waals surface area contributed by atoms with Gasteiger partial charge in [-0.1, -0.05) is 12.1 Å². The van der Waals surface area contributed by atoms with E-state index in [4.69, 9.17) is 0 Å². The minimum absolute atomic E-state index is 0.129. The normalized spacial score (nSPS) is 15.1. The van der Waals surface area contributed by atoms with Crippen LogP contribution in [0.2, 0.25) is 0 Å². The van der Waals surface area contributed by atoms with Crippen LogP contribution in [-0.4, -0.2) is 36.3 Å². The molecule has 132 valence electrons. The van der Waals surface area contributed by atoms with E-state index in [0.29, 0.717) is 17.7 Å². The van der Waals surface area contributed by atoms with E-state index in [-0.39, 0.29) is 11.9 Å². The summed E-state index contributed by atoms with van der Waals surface area (Å²) in [7, 11) is 0. The van der Waals surface area contributed by atoms with Crippen molar-refractivity contribution in [2.75, 3.05) is 19.3 Å². The summed E-state index contributed by atoms with van der Waals surface area (Å²) in [6.07, 6.45) is 5.48. The standard InChI is InChI=1S/C19H22FN3OS/c1-25-16-4-2-3-13(9-16)10-18-17(11-14(20)12-22-18)19(24)23-15-5-7-21-8-6-15/h2-4,9,11-12,15,21H,5-8,10H2,1H3,(H,23,24). The Kier molecular flexibility index (Phi) is 6.04. The van der Waals surface area contributed by atoms with Gasteiger partial charge in [0.25, 0.3) is 5.91 Å². The first-order valence-electron chi connectivity index (χ1n) is 8.44. The van der Waals surface area contributed by atoms with E-state index >= 15 is 0 Å². The number of benzene rings is 1. The number of hydrogen-bond acceptors (Lipinski definition) is 4. The molecular weight excluding hydrogens is 337 g/mol. The third-order valence-corrected chi connectivity index (χ3v) is 5.09. The van der Waals surface area contributed by atoms with Gasteiger partial charge in [0.15, 0.2) is 0 Å². The predicted molar refractivity (Wildman–Crippen MR) is 98.6 cm³/mol. The molecule has 2 N–H and O–H groups in total. The van der Waals surface area contributed by atoms with Crippen molar-refractivity contribution in [1.82, 2.24) is 15.6 Å². The summed E-state index contributed by atoms with van der Waals surface area (Å²) >= 11 is 1.66. The highest BCUT2D eigenvalue weighted by atomic mass is 32.2. The van der Waals surface area contributed by atoms with Crippen LogP contribution in [0.5, 0.6) is 0 Å². The monoisotopic (exact) mass is 359 g/mol. The molecule has 6 heteroatoms. The molecule has 0 radical (unpaired) electrons. The maximum atomic E-state index is 13.7. The number of piperidine rings is 1. The number of hydrogen-bond donors (Lipinski definition) is 2. The zero-order chi connectivity index (χ0) is 17.6. The quantitative estimate of drug-likeness (QED) is 0.806. The highest BCUT2D eigenvalue weighted by Gasteiger charge is 2.20. The Labute approximate surface area is 151 Å². The van der Waals surface area contributed by atoms with E-state index in [1.165, 1.54) is 12.3 Å². The predicted octanol–water partition coefficient (Wildman–Crippen LogP) is 3.02. The number of rotatable bonds is 5. The van der Waals surface area contributed by atoms with E-state index in [2.05, 4.69) is 21.7 Å². The molecule has 2 aromatic rings. The second-order valence-corrected chi connectivity index (χ2v) is 7.05. The van der Waals surface area contributed by atoms with E-state index in [1.54, 1.807) is 11.8 Å². The minimum Gasteiger partial charge on any atom is -0.349 e. The molecule has 1 aromatic heterocycles. The van der Waals surface area contributed by atoms with Crippen LogP contribution in [0.4, 0.5) is 4.39 Å². The number of aromatic nitrogens is 1. The zero-order valence-corrected chi connectivity index (χ0v) is 15.0. The van der Waals surface area contributed by atoms with Gasteiger partial charge in [-0.15, -0.1) is 11.8 Å². The van der Waals surface area contributed by atoms with Crippen LogP contribution in [0.3, 0.4) is 0 Å². The number of pyridine rings is 1. The molecule has 0 unspecified atom stereocenters. The molecule has 1 aliphatic rings. The van der Waals surface area contributed by atoms with Crippen LogP contribution < -0.4 is 10.6 Å². The van der Waals surface area contributed by atoms with Gasteiger partial charge < -0.3 is 10.6 Å². The van der Waals surface area contributed by atoms with Crippen molar-refractivity contribution >= 4 is 17.7 Å². The largest absolute Gasteiger partial charge is 0.349 e. The third-order valence-electron chi connectivity index (χ3n) is 4.36. The van der Waals surface area contributed by atoms with Crippen LogP contribution in [0.1, 0.15) is 34.5 Å². The number of carbonyl (C=O) groups is 1. The average Bonchev–Trinajstić information content (AvgIpc) is 2.64. The first-order valence-corrected chi connectivity index (χ1v) is 9.67. The molecule has 2 heterocycles. The lowest BCUT2D eigenvalue weighted by Crippen LogP contribution is -2.43. The van der Waals surface area contributed by atoms with Gasteiger partial charge in [0, 0.05) is 17.4 Å². The summed E-state index contributed by atoms with van der Waals surface area (Å²) in [6, 6.07) is 9.52. The number of carbonyl (C=O) groups excluding carboxylic acids is 1. The Hall–Kier alpha value is -1.92. The molecule has 4 nitrogen and oxygen atoms in total. The molecule has 1 amide bonds. The molecule has 0 atom stereocenters. The molecule has 0 spiro atoms. The maximum absolute atomic E-state index is 13.7. The minimum atomic E-state index is -0.489. The summed E-state index contributed by atoms with van der Waals surface area (Å²) < 4.78 is 13.7. The summed E-state index contributed by atoms with van der Waals surface area (Å²) in [6.45, 7) is 1.78. The molecule has 0 saturated carbocycles. The van der Waals surface area contributed by atoms with Crippen LogP contribution in [0.15, 0.2) is 41.4 Å². The fraction of sp³-hybridized carbons (Fsp3) is 0.368. The Balaban J connectivity index is 1.80. The van der Waals surface area contributed by atoms with Gasteiger partial charge in [0.2, 0.25) is 0 Å². The second kappa shape index (κ2) is 8.45. The van der Waals surface area contributed by atoms with Gasteiger partial charge in [0.1, 0.15) is 5.82 Å². The van der Waals surface area contributed by atoms with Crippen LogP contribution in [0, 0.1) is 5.82 Å². The highest BCUT2D eigenvalue weighted by Crippen LogP contribution is 2.19. The Morgan fingerprint density at radius 2 is 2.16 bits per heavy atom. The molecule has 1 aromatic carbocycles. The summed E-state index contributed by atoms with van der Waals surface area (Å²) in [5, 5.41) is 6.29. The van der Waals surface area contributed by atoms with E-state index < -0.39 is 5.82 Å².